The monoisotopic (exact) mass is 304 g/mol. The molecule has 0 amide bonds. The van der Waals surface area contributed by atoms with Crippen LogP contribution < -0.4 is 0 Å². The Morgan fingerprint density at radius 3 is 2.59 bits per heavy atom. The van der Waals surface area contributed by atoms with Gasteiger partial charge in [0.2, 0.25) is 0 Å². The predicted molar refractivity (Wildman–Crippen MR) is 90.5 cm³/mol. The highest BCUT2D eigenvalue weighted by atomic mass is 16.1. The second-order valence-corrected chi connectivity index (χ2v) is 8.37. The summed E-state index contributed by atoms with van der Waals surface area (Å²) in [6.45, 7) is 11.1. The number of fused-ring (bicyclic) bond motifs is 1. The molecule has 0 aliphatic heterocycles. The molecule has 5 atom stereocenters. The number of Topliss-reactive ketones (excluding diaryl/α,β-unsaturated/α-hetero) is 1. The molecule has 124 valence electrons. The molecule has 2 fully saturated rings. The maximum absolute atomic E-state index is 12.9. The Morgan fingerprint density at radius 2 is 2.00 bits per heavy atom. The molecule has 2 aliphatic carbocycles. The molecule has 2 rings (SSSR count). The van der Waals surface area contributed by atoms with Crippen LogP contribution >= 0.6 is 0 Å². The van der Waals surface area contributed by atoms with E-state index in [-0.39, 0.29) is 23.0 Å². The van der Waals surface area contributed by atoms with Crippen LogP contribution in [-0.4, -0.2) is 12.1 Å². The SMILES string of the molecule is CC[C@@H](C)/C=C\[C@H]1[C@@H](C)CC[C@H]2C(C)(C)CCC(=O)[C@]12C=O. The molecule has 22 heavy (non-hydrogen) atoms. The van der Waals surface area contributed by atoms with E-state index in [2.05, 4.69) is 46.8 Å². The molecule has 2 aliphatic rings. The minimum absolute atomic E-state index is 0.0739. The van der Waals surface area contributed by atoms with Gasteiger partial charge in [-0.05, 0) is 48.3 Å². The first-order valence-corrected chi connectivity index (χ1v) is 8.97. The Balaban J connectivity index is 2.46. The first-order valence-electron chi connectivity index (χ1n) is 8.97. The van der Waals surface area contributed by atoms with Gasteiger partial charge in [0, 0.05) is 6.42 Å². The topological polar surface area (TPSA) is 34.1 Å². The van der Waals surface area contributed by atoms with Crippen molar-refractivity contribution in [2.45, 2.75) is 66.7 Å². The first-order chi connectivity index (χ1) is 10.3. The van der Waals surface area contributed by atoms with Crippen molar-refractivity contribution in [1.82, 2.24) is 0 Å². The van der Waals surface area contributed by atoms with Gasteiger partial charge in [0.25, 0.3) is 0 Å². The molecule has 0 radical (unpaired) electrons. The molecule has 0 heterocycles. The maximum atomic E-state index is 12.9. The Morgan fingerprint density at radius 1 is 1.32 bits per heavy atom. The van der Waals surface area contributed by atoms with Crippen molar-refractivity contribution in [3.8, 4) is 0 Å². The summed E-state index contributed by atoms with van der Waals surface area (Å²) >= 11 is 0. The number of ketones is 1. The van der Waals surface area contributed by atoms with Gasteiger partial charge < -0.3 is 4.79 Å². The van der Waals surface area contributed by atoms with Gasteiger partial charge in [-0.2, -0.15) is 0 Å². The van der Waals surface area contributed by atoms with Crippen LogP contribution in [0.2, 0.25) is 0 Å². The number of rotatable bonds is 4. The number of carbonyl (C=O) groups excluding carboxylic acids is 2. The highest BCUT2D eigenvalue weighted by Crippen LogP contribution is 2.59. The Bertz CT molecular complexity index is 462. The molecular formula is C20H32O2. The minimum Gasteiger partial charge on any atom is -0.302 e. The Hall–Kier alpha value is -0.920. The van der Waals surface area contributed by atoms with E-state index >= 15 is 0 Å². The van der Waals surface area contributed by atoms with Gasteiger partial charge in [-0.25, -0.2) is 0 Å². The summed E-state index contributed by atoms with van der Waals surface area (Å²) in [5.74, 6) is 1.37. The van der Waals surface area contributed by atoms with Crippen molar-refractivity contribution in [1.29, 1.82) is 0 Å². The van der Waals surface area contributed by atoms with E-state index in [4.69, 9.17) is 0 Å². The van der Waals surface area contributed by atoms with Crippen molar-refractivity contribution in [2.75, 3.05) is 0 Å². The fourth-order valence-corrected chi connectivity index (χ4v) is 4.82. The van der Waals surface area contributed by atoms with Gasteiger partial charge in [0.15, 0.2) is 0 Å². The minimum atomic E-state index is -0.774. The van der Waals surface area contributed by atoms with E-state index in [0.29, 0.717) is 18.3 Å². The van der Waals surface area contributed by atoms with Crippen LogP contribution in [0.1, 0.15) is 66.7 Å². The molecule has 2 saturated carbocycles. The van der Waals surface area contributed by atoms with Gasteiger partial charge in [0.1, 0.15) is 12.1 Å². The third kappa shape index (κ3) is 2.70. The molecule has 0 unspecified atom stereocenters. The van der Waals surface area contributed by atoms with Crippen LogP contribution in [0.25, 0.3) is 0 Å². The number of carbonyl (C=O) groups is 2. The second-order valence-electron chi connectivity index (χ2n) is 8.37. The molecular weight excluding hydrogens is 272 g/mol. The van der Waals surface area contributed by atoms with Crippen LogP contribution in [0.15, 0.2) is 12.2 Å². The highest BCUT2D eigenvalue weighted by molar-refractivity contribution is 6.00. The van der Waals surface area contributed by atoms with Crippen molar-refractivity contribution >= 4 is 12.1 Å². The Kier molecular flexibility index (Phi) is 4.99. The summed E-state index contributed by atoms with van der Waals surface area (Å²) in [5, 5.41) is 0. The molecule has 0 aromatic heterocycles. The average Bonchev–Trinajstić information content (AvgIpc) is 2.49. The maximum Gasteiger partial charge on any atom is 0.147 e. The molecule has 0 bridgehead atoms. The fourth-order valence-electron chi connectivity index (χ4n) is 4.82. The largest absolute Gasteiger partial charge is 0.302 e. The van der Waals surface area contributed by atoms with Crippen LogP contribution in [0, 0.1) is 34.5 Å². The second kappa shape index (κ2) is 6.29. The van der Waals surface area contributed by atoms with Gasteiger partial charge in [-0.15, -0.1) is 0 Å². The molecule has 0 N–H and O–H groups in total. The molecule has 2 nitrogen and oxygen atoms in total. The van der Waals surface area contributed by atoms with E-state index in [9.17, 15) is 9.59 Å². The average molecular weight is 304 g/mol. The summed E-state index contributed by atoms with van der Waals surface area (Å²) in [5.41, 5.74) is -0.694. The predicted octanol–water partition coefficient (Wildman–Crippen LogP) is 4.83. The van der Waals surface area contributed by atoms with Gasteiger partial charge in [0.05, 0.1) is 5.41 Å². The van der Waals surface area contributed by atoms with Gasteiger partial charge >= 0.3 is 0 Å². The highest BCUT2D eigenvalue weighted by Gasteiger charge is 2.60. The van der Waals surface area contributed by atoms with E-state index in [0.717, 1.165) is 32.0 Å². The third-order valence-corrected chi connectivity index (χ3v) is 6.56. The van der Waals surface area contributed by atoms with Crippen molar-refractivity contribution < 1.29 is 9.59 Å². The lowest BCUT2D eigenvalue weighted by molar-refractivity contribution is -0.159. The zero-order valence-electron chi connectivity index (χ0n) is 14.9. The number of hydrogen-bond donors (Lipinski definition) is 0. The number of hydrogen-bond acceptors (Lipinski definition) is 2. The summed E-state index contributed by atoms with van der Waals surface area (Å²) in [6, 6.07) is 0. The third-order valence-electron chi connectivity index (χ3n) is 6.56. The molecule has 0 spiro atoms. The summed E-state index contributed by atoms with van der Waals surface area (Å²) in [7, 11) is 0. The lowest BCUT2D eigenvalue weighted by Gasteiger charge is -2.56. The summed E-state index contributed by atoms with van der Waals surface area (Å²) < 4.78 is 0. The normalized spacial score (nSPS) is 39.5. The lowest BCUT2D eigenvalue weighted by atomic mass is 9.46. The molecule has 0 aromatic rings. The van der Waals surface area contributed by atoms with Crippen LogP contribution in [0.4, 0.5) is 0 Å². The van der Waals surface area contributed by atoms with E-state index < -0.39 is 5.41 Å². The summed E-state index contributed by atoms with van der Waals surface area (Å²) in [6.07, 6.45) is 10.2. The number of allylic oxidation sites excluding steroid dienone is 2. The quantitative estimate of drug-likeness (QED) is 0.424. The Labute approximate surface area is 135 Å². The van der Waals surface area contributed by atoms with Crippen LogP contribution in [0.3, 0.4) is 0 Å². The zero-order chi connectivity index (χ0) is 16.5. The fraction of sp³-hybridized carbons (Fsp3) is 0.800. The lowest BCUT2D eigenvalue weighted by Crippen LogP contribution is -2.58. The zero-order valence-corrected chi connectivity index (χ0v) is 14.9. The molecule has 0 aromatic carbocycles. The molecule has 2 heteroatoms. The van der Waals surface area contributed by atoms with Crippen molar-refractivity contribution in [3.05, 3.63) is 12.2 Å². The number of aldehydes is 1. The molecule has 0 saturated heterocycles. The van der Waals surface area contributed by atoms with E-state index in [1.807, 2.05) is 0 Å². The van der Waals surface area contributed by atoms with Crippen molar-refractivity contribution in [3.63, 3.8) is 0 Å². The standard InChI is InChI=1S/C20H32O2/c1-6-14(2)7-9-16-15(3)8-10-17-19(4,5)12-11-18(22)20(16,17)13-21/h7,9,13-17H,6,8,10-12H2,1-5H3/b9-7-/t14-,15+,16+,17+,20-/m1/s1. The van der Waals surface area contributed by atoms with E-state index in [1.54, 1.807) is 0 Å². The van der Waals surface area contributed by atoms with Crippen LogP contribution in [0.5, 0.6) is 0 Å². The van der Waals surface area contributed by atoms with Crippen molar-refractivity contribution in [2.24, 2.45) is 34.5 Å². The smallest absolute Gasteiger partial charge is 0.147 e. The van der Waals surface area contributed by atoms with E-state index in [1.165, 1.54) is 0 Å². The van der Waals surface area contributed by atoms with Gasteiger partial charge in [-0.1, -0.05) is 53.2 Å². The van der Waals surface area contributed by atoms with Crippen LogP contribution in [-0.2, 0) is 9.59 Å². The summed E-state index contributed by atoms with van der Waals surface area (Å²) in [4.78, 5) is 25.1. The van der Waals surface area contributed by atoms with Gasteiger partial charge in [-0.3, -0.25) is 4.79 Å². The first kappa shape index (κ1) is 17.4.